The third-order valence-electron chi connectivity index (χ3n) is 3.59. The van der Waals surface area contributed by atoms with Crippen LogP contribution in [0.4, 0.5) is 5.69 Å². The molecule has 0 bridgehead atoms. The SMILES string of the molecule is C[C@@H](NS(=O)(=O)c1ccc([N+](=O)[O-])cc1)c1ccc2c(c1)OCO2. The maximum absolute atomic E-state index is 12.4. The molecule has 1 aliphatic heterocycles. The van der Waals surface area contributed by atoms with E-state index in [2.05, 4.69) is 4.72 Å². The van der Waals surface area contributed by atoms with Gasteiger partial charge in [0.15, 0.2) is 11.5 Å². The number of hydrogen-bond donors (Lipinski definition) is 1. The van der Waals surface area contributed by atoms with E-state index in [1.165, 1.54) is 12.1 Å². The first kappa shape index (κ1) is 16.2. The maximum Gasteiger partial charge on any atom is 0.269 e. The number of hydrogen-bond acceptors (Lipinski definition) is 6. The standard InChI is InChI=1S/C15H14N2O6S/c1-10(11-2-7-14-15(8-11)23-9-22-14)16-24(20,21)13-5-3-12(4-6-13)17(18)19/h2-8,10,16H,9H2,1H3/t10-/m1/s1. The zero-order valence-electron chi connectivity index (χ0n) is 12.6. The lowest BCUT2D eigenvalue weighted by molar-refractivity contribution is -0.384. The van der Waals surface area contributed by atoms with Crippen molar-refractivity contribution in [1.82, 2.24) is 4.72 Å². The molecule has 1 N–H and O–H groups in total. The summed E-state index contributed by atoms with van der Waals surface area (Å²) in [5, 5.41) is 10.6. The van der Waals surface area contributed by atoms with E-state index in [0.29, 0.717) is 17.1 Å². The molecule has 0 spiro atoms. The summed E-state index contributed by atoms with van der Waals surface area (Å²) < 4.78 is 37.8. The molecule has 1 atom stereocenters. The molecule has 0 saturated heterocycles. The van der Waals surface area contributed by atoms with Crippen molar-refractivity contribution in [3.05, 3.63) is 58.1 Å². The number of nitro benzene ring substituents is 1. The molecule has 9 heteroatoms. The highest BCUT2D eigenvalue weighted by molar-refractivity contribution is 7.89. The fourth-order valence-electron chi connectivity index (χ4n) is 2.30. The van der Waals surface area contributed by atoms with Crippen molar-refractivity contribution >= 4 is 15.7 Å². The van der Waals surface area contributed by atoms with Crippen LogP contribution in [0, 0.1) is 10.1 Å². The largest absolute Gasteiger partial charge is 0.454 e. The summed E-state index contributed by atoms with van der Waals surface area (Å²) in [6.45, 7) is 1.84. The number of sulfonamides is 1. The molecule has 126 valence electrons. The van der Waals surface area contributed by atoms with Crippen molar-refractivity contribution in [2.24, 2.45) is 0 Å². The minimum Gasteiger partial charge on any atom is -0.454 e. The first-order valence-corrected chi connectivity index (χ1v) is 8.51. The second kappa shape index (κ2) is 6.10. The molecule has 0 radical (unpaired) electrons. The Labute approximate surface area is 138 Å². The summed E-state index contributed by atoms with van der Waals surface area (Å²) in [6, 6.07) is 9.37. The predicted molar refractivity (Wildman–Crippen MR) is 84.4 cm³/mol. The Morgan fingerprint density at radius 3 is 2.46 bits per heavy atom. The second-order valence-corrected chi connectivity index (χ2v) is 6.92. The minimum atomic E-state index is -3.81. The van der Waals surface area contributed by atoms with Gasteiger partial charge in [-0.3, -0.25) is 10.1 Å². The van der Waals surface area contributed by atoms with E-state index < -0.39 is 21.0 Å². The van der Waals surface area contributed by atoms with Gasteiger partial charge in [0.25, 0.3) is 5.69 Å². The number of fused-ring (bicyclic) bond motifs is 1. The molecule has 0 saturated carbocycles. The van der Waals surface area contributed by atoms with Crippen LogP contribution in [-0.4, -0.2) is 20.1 Å². The monoisotopic (exact) mass is 350 g/mol. The fourth-order valence-corrected chi connectivity index (χ4v) is 3.53. The van der Waals surface area contributed by atoms with Crippen molar-refractivity contribution in [3.8, 4) is 11.5 Å². The van der Waals surface area contributed by atoms with Crippen LogP contribution in [0.15, 0.2) is 47.4 Å². The van der Waals surface area contributed by atoms with E-state index in [1.54, 1.807) is 25.1 Å². The molecule has 24 heavy (non-hydrogen) atoms. The second-order valence-electron chi connectivity index (χ2n) is 5.21. The van der Waals surface area contributed by atoms with Crippen molar-refractivity contribution in [2.75, 3.05) is 6.79 Å². The van der Waals surface area contributed by atoms with Gasteiger partial charge in [0.1, 0.15) is 0 Å². The Balaban J connectivity index is 1.79. The number of nitrogens with zero attached hydrogens (tertiary/aromatic N) is 1. The highest BCUT2D eigenvalue weighted by Gasteiger charge is 2.21. The molecule has 0 fully saturated rings. The van der Waals surface area contributed by atoms with Crippen LogP contribution in [0.3, 0.4) is 0 Å². The van der Waals surface area contributed by atoms with Gasteiger partial charge in [-0.05, 0) is 36.8 Å². The molecule has 1 heterocycles. The molecule has 2 aromatic carbocycles. The van der Waals surface area contributed by atoms with Gasteiger partial charge < -0.3 is 9.47 Å². The molecule has 2 aromatic rings. The summed E-state index contributed by atoms with van der Waals surface area (Å²) in [5.41, 5.74) is 0.544. The van der Waals surface area contributed by atoms with Gasteiger partial charge >= 0.3 is 0 Å². The van der Waals surface area contributed by atoms with Gasteiger partial charge in [0.05, 0.1) is 9.82 Å². The maximum atomic E-state index is 12.4. The summed E-state index contributed by atoms with van der Waals surface area (Å²) in [5.74, 6) is 1.18. The molecule has 0 aliphatic carbocycles. The van der Waals surface area contributed by atoms with E-state index in [9.17, 15) is 18.5 Å². The zero-order valence-corrected chi connectivity index (χ0v) is 13.4. The van der Waals surface area contributed by atoms with Crippen molar-refractivity contribution < 1.29 is 22.8 Å². The van der Waals surface area contributed by atoms with Gasteiger partial charge in [-0.15, -0.1) is 0 Å². The van der Waals surface area contributed by atoms with Gasteiger partial charge in [0.2, 0.25) is 16.8 Å². The molecule has 0 unspecified atom stereocenters. The highest BCUT2D eigenvalue weighted by atomic mass is 32.2. The van der Waals surface area contributed by atoms with Crippen LogP contribution < -0.4 is 14.2 Å². The molecule has 1 aliphatic rings. The molecular weight excluding hydrogens is 336 g/mol. The van der Waals surface area contributed by atoms with Crippen molar-refractivity contribution in [3.63, 3.8) is 0 Å². The first-order valence-electron chi connectivity index (χ1n) is 7.03. The lowest BCUT2D eigenvalue weighted by Gasteiger charge is -2.15. The Morgan fingerprint density at radius 2 is 1.79 bits per heavy atom. The number of ether oxygens (including phenoxy) is 2. The number of rotatable bonds is 5. The Bertz CT molecular complexity index is 879. The highest BCUT2D eigenvalue weighted by Crippen LogP contribution is 2.34. The Hall–Kier alpha value is -2.65. The molecule has 0 aromatic heterocycles. The topological polar surface area (TPSA) is 108 Å². The summed E-state index contributed by atoms with van der Waals surface area (Å²) in [6.07, 6.45) is 0. The third-order valence-corrected chi connectivity index (χ3v) is 5.14. The number of benzene rings is 2. The predicted octanol–water partition coefficient (Wildman–Crippen LogP) is 2.36. The quantitative estimate of drug-likeness (QED) is 0.655. The van der Waals surface area contributed by atoms with Gasteiger partial charge in [-0.1, -0.05) is 6.07 Å². The van der Waals surface area contributed by atoms with E-state index >= 15 is 0 Å². The van der Waals surface area contributed by atoms with Crippen LogP contribution >= 0.6 is 0 Å². The number of nitrogens with one attached hydrogen (secondary N) is 1. The lowest BCUT2D eigenvalue weighted by atomic mass is 10.1. The van der Waals surface area contributed by atoms with Crippen LogP contribution in [0.5, 0.6) is 11.5 Å². The number of non-ortho nitro benzene ring substituents is 1. The first-order chi connectivity index (χ1) is 11.4. The Morgan fingerprint density at radius 1 is 1.12 bits per heavy atom. The van der Waals surface area contributed by atoms with Crippen LogP contribution in [0.25, 0.3) is 0 Å². The van der Waals surface area contributed by atoms with Gasteiger partial charge in [0, 0.05) is 18.2 Å². The summed E-state index contributed by atoms with van der Waals surface area (Å²) >= 11 is 0. The van der Waals surface area contributed by atoms with Gasteiger partial charge in [-0.25, -0.2) is 13.1 Å². The molecule has 0 amide bonds. The molecule has 8 nitrogen and oxygen atoms in total. The smallest absolute Gasteiger partial charge is 0.269 e. The van der Waals surface area contributed by atoms with E-state index in [1.807, 2.05) is 0 Å². The lowest BCUT2D eigenvalue weighted by Crippen LogP contribution is -2.26. The van der Waals surface area contributed by atoms with E-state index in [4.69, 9.17) is 9.47 Å². The molecule has 3 rings (SSSR count). The average molecular weight is 350 g/mol. The van der Waals surface area contributed by atoms with Crippen LogP contribution in [0.2, 0.25) is 0 Å². The van der Waals surface area contributed by atoms with Crippen molar-refractivity contribution in [2.45, 2.75) is 17.9 Å². The van der Waals surface area contributed by atoms with Crippen LogP contribution in [-0.2, 0) is 10.0 Å². The van der Waals surface area contributed by atoms with E-state index in [0.717, 1.165) is 12.1 Å². The Kier molecular flexibility index (Phi) is 4.12. The average Bonchev–Trinajstić information content (AvgIpc) is 3.02. The van der Waals surface area contributed by atoms with Gasteiger partial charge in [-0.2, -0.15) is 0 Å². The minimum absolute atomic E-state index is 0.0410. The normalized spacial score (nSPS) is 14.4. The third kappa shape index (κ3) is 3.17. The summed E-state index contributed by atoms with van der Waals surface area (Å²) in [4.78, 5) is 10.0. The molecular formula is C15H14N2O6S. The van der Waals surface area contributed by atoms with E-state index in [-0.39, 0.29) is 17.4 Å². The fraction of sp³-hybridized carbons (Fsp3) is 0.200. The zero-order chi connectivity index (χ0) is 17.3. The van der Waals surface area contributed by atoms with Crippen LogP contribution in [0.1, 0.15) is 18.5 Å². The van der Waals surface area contributed by atoms with Crippen molar-refractivity contribution in [1.29, 1.82) is 0 Å². The number of nitro groups is 1. The summed E-state index contributed by atoms with van der Waals surface area (Å²) in [7, 11) is -3.81.